The van der Waals surface area contributed by atoms with E-state index in [0.29, 0.717) is 22.2 Å². The minimum Gasteiger partial charge on any atom is -0.467 e. The maximum Gasteiger partial charge on any atom is 0.293 e. The number of hydrogen-bond donors (Lipinski definition) is 0. The van der Waals surface area contributed by atoms with Crippen molar-refractivity contribution >= 4 is 44.9 Å². The highest BCUT2D eigenvalue weighted by atomic mass is 79.9. The summed E-state index contributed by atoms with van der Waals surface area (Å²) in [7, 11) is 0. The minimum atomic E-state index is -0.349. The van der Waals surface area contributed by atoms with Crippen molar-refractivity contribution in [3.63, 3.8) is 0 Å². The molecule has 1 aliphatic rings. The molecule has 130 valence electrons. The topological polar surface area (TPSA) is 63.7 Å². The van der Waals surface area contributed by atoms with Crippen LogP contribution in [0.5, 0.6) is 0 Å². The standard InChI is InChI=1S/C19H12BrNO4S/c20-13-5-3-12(4-6-13)16-8-7-14(25-16)10-17-18(22)21(19(23)26-17)11-15-2-1-9-24-15/h1-10H,11H2/b17-10+. The zero-order chi connectivity index (χ0) is 18.1. The van der Waals surface area contributed by atoms with Crippen LogP contribution in [0.4, 0.5) is 4.79 Å². The van der Waals surface area contributed by atoms with Crippen molar-refractivity contribution in [3.05, 3.63) is 75.7 Å². The Bertz CT molecular complexity index is 989. The van der Waals surface area contributed by atoms with E-state index in [1.807, 2.05) is 30.3 Å². The van der Waals surface area contributed by atoms with Crippen LogP contribution in [0, 0.1) is 0 Å². The molecule has 2 aromatic heterocycles. The van der Waals surface area contributed by atoms with Crippen LogP contribution in [-0.2, 0) is 11.3 Å². The third-order valence-corrected chi connectivity index (χ3v) is 5.23. The first-order valence-electron chi connectivity index (χ1n) is 7.74. The molecule has 4 rings (SSSR count). The van der Waals surface area contributed by atoms with E-state index < -0.39 is 0 Å². The normalized spacial score (nSPS) is 16.0. The molecule has 5 nitrogen and oxygen atoms in total. The minimum absolute atomic E-state index is 0.122. The molecule has 3 aromatic rings. The molecule has 1 aromatic carbocycles. The summed E-state index contributed by atoms with van der Waals surface area (Å²) in [6.07, 6.45) is 3.10. The average Bonchev–Trinajstić information content (AvgIpc) is 3.35. The fourth-order valence-corrected chi connectivity index (χ4v) is 3.61. The van der Waals surface area contributed by atoms with Gasteiger partial charge in [-0.15, -0.1) is 0 Å². The van der Waals surface area contributed by atoms with Crippen LogP contribution in [0.25, 0.3) is 17.4 Å². The number of carbonyl (C=O) groups excluding carboxylic acids is 2. The van der Waals surface area contributed by atoms with Crippen molar-refractivity contribution in [2.75, 3.05) is 0 Å². The first-order valence-corrected chi connectivity index (χ1v) is 9.34. The Morgan fingerprint density at radius 3 is 2.62 bits per heavy atom. The van der Waals surface area contributed by atoms with Crippen molar-refractivity contribution in [3.8, 4) is 11.3 Å². The second-order valence-corrected chi connectivity index (χ2v) is 7.46. The Kier molecular flexibility index (Phi) is 4.57. The molecule has 0 radical (unpaired) electrons. The van der Waals surface area contributed by atoms with Gasteiger partial charge in [0, 0.05) is 16.1 Å². The van der Waals surface area contributed by atoms with E-state index in [1.54, 1.807) is 24.3 Å². The van der Waals surface area contributed by atoms with Gasteiger partial charge in [-0.1, -0.05) is 28.1 Å². The zero-order valence-corrected chi connectivity index (χ0v) is 15.7. The third kappa shape index (κ3) is 3.40. The summed E-state index contributed by atoms with van der Waals surface area (Å²) in [5.41, 5.74) is 0.929. The number of amides is 2. The number of benzene rings is 1. The van der Waals surface area contributed by atoms with Gasteiger partial charge in [-0.2, -0.15) is 0 Å². The van der Waals surface area contributed by atoms with Gasteiger partial charge in [0.15, 0.2) is 0 Å². The molecule has 0 saturated carbocycles. The van der Waals surface area contributed by atoms with Gasteiger partial charge in [-0.25, -0.2) is 0 Å². The lowest BCUT2D eigenvalue weighted by Crippen LogP contribution is -2.27. The molecule has 1 saturated heterocycles. The van der Waals surface area contributed by atoms with Crippen molar-refractivity contribution in [1.82, 2.24) is 4.90 Å². The molecule has 7 heteroatoms. The molecule has 0 atom stereocenters. The monoisotopic (exact) mass is 429 g/mol. The summed E-state index contributed by atoms with van der Waals surface area (Å²) in [5.74, 6) is 1.42. The van der Waals surface area contributed by atoms with Crippen LogP contribution in [0.2, 0.25) is 0 Å². The van der Waals surface area contributed by atoms with Gasteiger partial charge in [0.2, 0.25) is 0 Å². The molecule has 0 unspecified atom stereocenters. The zero-order valence-electron chi connectivity index (χ0n) is 13.3. The molecule has 2 amide bonds. The summed E-state index contributed by atoms with van der Waals surface area (Å²) >= 11 is 4.29. The van der Waals surface area contributed by atoms with E-state index in [2.05, 4.69) is 15.9 Å². The molecule has 1 fully saturated rings. The third-order valence-electron chi connectivity index (χ3n) is 3.80. The van der Waals surface area contributed by atoms with Gasteiger partial charge < -0.3 is 8.83 Å². The lowest BCUT2D eigenvalue weighted by molar-refractivity contribution is -0.123. The Hall–Kier alpha value is -2.51. The smallest absolute Gasteiger partial charge is 0.293 e. The molecule has 0 spiro atoms. The quantitative estimate of drug-likeness (QED) is 0.509. The summed E-state index contributed by atoms with van der Waals surface area (Å²) in [6.45, 7) is 0.122. The Morgan fingerprint density at radius 1 is 1.08 bits per heavy atom. The van der Waals surface area contributed by atoms with Crippen molar-refractivity contribution in [2.24, 2.45) is 0 Å². The summed E-state index contributed by atoms with van der Waals surface area (Å²) < 4.78 is 12.0. The van der Waals surface area contributed by atoms with Crippen molar-refractivity contribution in [2.45, 2.75) is 6.54 Å². The molecule has 0 bridgehead atoms. The highest BCUT2D eigenvalue weighted by Crippen LogP contribution is 2.34. The van der Waals surface area contributed by atoms with Crippen molar-refractivity contribution < 1.29 is 18.4 Å². The van der Waals surface area contributed by atoms with Gasteiger partial charge in [-0.05, 0) is 48.2 Å². The number of rotatable bonds is 4. The predicted molar refractivity (Wildman–Crippen MR) is 102 cm³/mol. The Labute approximate surface area is 161 Å². The summed E-state index contributed by atoms with van der Waals surface area (Å²) in [6, 6.07) is 14.8. The first-order chi connectivity index (χ1) is 12.6. The van der Waals surface area contributed by atoms with Crippen molar-refractivity contribution in [1.29, 1.82) is 0 Å². The summed E-state index contributed by atoms with van der Waals surface area (Å²) in [5, 5.41) is -0.322. The number of imide groups is 1. The number of halogens is 1. The van der Waals surface area contributed by atoms with E-state index in [1.165, 1.54) is 6.26 Å². The van der Waals surface area contributed by atoms with E-state index in [0.717, 1.165) is 26.7 Å². The number of hydrogen-bond acceptors (Lipinski definition) is 5. The van der Waals surface area contributed by atoms with Crippen LogP contribution in [0.15, 0.2) is 73.0 Å². The Balaban J connectivity index is 1.54. The average molecular weight is 430 g/mol. The van der Waals surface area contributed by atoms with Crippen LogP contribution in [0.3, 0.4) is 0 Å². The fraction of sp³-hybridized carbons (Fsp3) is 0.0526. The van der Waals surface area contributed by atoms with Gasteiger partial charge in [0.05, 0.1) is 17.7 Å². The van der Waals surface area contributed by atoms with Gasteiger partial charge in [0.1, 0.15) is 17.3 Å². The van der Waals surface area contributed by atoms with Crippen LogP contribution in [-0.4, -0.2) is 16.0 Å². The molecular formula is C19H12BrNO4S. The number of furan rings is 2. The molecule has 26 heavy (non-hydrogen) atoms. The van der Waals surface area contributed by atoms with Gasteiger partial charge in [-0.3, -0.25) is 14.5 Å². The fourth-order valence-electron chi connectivity index (χ4n) is 2.52. The highest BCUT2D eigenvalue weighted by molar-refractivity contribution is 9.10. The van der Waals surface area contributed by atoms with Crippen LogP contribution >= 0.6 is 27.7 Å². The highest BCUT2D eigenvalue weighted by Gasteiger charge is 2.35. The summed E-state index contributed by atoms with van der Waals surface area (Å²) in [4.78, 5) is 26.1. The maximum atomic E-state index is 12.5. The lowest BCUT2D eigenvalue weighted by atomic mass is 10.2. The van der Waals surface area contributed by atoms with Crippen LogP contribution < -0.4 is 0 Å². The first kappa shape index (κ1) is 16.9. The maximum absolute atomic E-state index is 12.5. The molecule has 1 aliphatic heterocycles. The molecule has 3 heterocycles. The van der Waals surface area contributed by atoms with E-state index in [-0.39, 0.29) is 17.7 Å². The largest absolute Gasteiger partial charge is 0.467 e. The SMILES string of the molecule is O=C1S/C(=C/c2ccc(-c3ccc(Br)cc3)o2)C(=O)N1Cc1ccco1. The number of thioether (sulfide) groups is 1. The van der Waals surface area contributed by atoms with Gasteiger partial charge in [0.25, 0.3) is 11.1 Å². The molecular weight excluding hydrogens is 418 g/mol. The lowest BCUT2D eigenvalue weighted by Gasteiger charge is -2.09. The van der Waals surface area contributed by atoms with E-state index in [9.17, 15) is 9.59 Å². The molecule has 0 aliphatic carbocycles. The number of nitrogens with zero attached hydrogens (tertiary/aromatic N) is 1. The van der Waals surface area contributed by atoms with Crippen LogP contribution in [0.1, 0.15) is 11.5 Å². The predicted octanol–water partition coefficient (Wildman–Crippen LogP) is 5.54. The Morgan fingerprint density at radius 2 is 1.88 bits per heavy atom. The molecule has 0 N–H and O–H groups in total. The number of carbonyl (C=O) groups is 2. The second kappa shape index (κ2) is 7.01. The second-order valence-electron chi connectivity index (χ2n) is 5.56. The van der Waals surface area contributed by atoms with Gasteiger partial charge >= 0.3 is 0 Å². The van der Waals surface area contributed by atoms with E-state index >= 15 is 0 Å². The van der Waals surface area contributed by atoms with E-state index in [4.69, 9.17) is 8.83 Å².